The first-order valence-corrected chi connectivity index (χ1v) is 11.5. The van der Waals surface area contributed by atoms with E-state index in [-0.39, 0.29) is 11.3 Å². The zero-order chi connectivity index (χ0) is 23.1. The van der Waals surface area contributed by atoms with Gasteiger partial charge in [-0.1, -0.05) is 72.0 Å². The van der Waals surface area contributed by atoms with Crippen molar-refractivity contribution in [2.75, 3.05) is 7.11 Å². The van der Waals surface area contributed by atoms with Crippen molar-refractivity contribution in [1.82, 2.24) is 4.57 Å². The van der Waals surface area contributed by atoms with Gasteiger partial charge < -0.3 is 4.74 Å². The van der Waals surface area contributed by atoms with E-state index in [1.165, 1.54) is 18.3 Å². The number of ether oxygens (including phenoxy) is 1. The Morgan fingerprint density at radius 2 is 1.79 bits per heavy atom. The summed E-state index contributed by atoms with van der Waals surface area (Å²) >= 11 is 1.33. The molecule has 4 aromatic rings. The van der Waals surface area contributed by atoms with E-state index in [0.29, 0.717) is 26.4 Å². The number of benzene rings is 3. The lowest BCUT2D eigenvalue weighted by Gasteiger charge is -2.27. The largest absolute Gasteiger partial charge is 0.496 e. The van der Waals surface area contributed by atoms with Crippen LogP contribution in [0.2, 0.25) is 0 Å². The minimum atomic E-state index is -0.627. The number of hydrogen-bond acceptors (Lipinski definition) is 5. The van der Waals surface area contributed by atoms with Gasteiger partial charge in [-0.2, -0.15) is 0 Å². The second-order valence-electron chi connectivity index (χ2n) is 7.95. The number of methoxy groups -OCH3 is 1. The van der Waals surface area contributed by atoms with Crippen LogP contribution in [0.3, 0.4) is 0 Å². The number of nitrogens with zero attached hydrogens (tertiary/aromatic N) is 2. The van der Waals surface area contributed by atoms with E-state index >= 15 is 0 Å². The molecule has 0 amide bonds. The average Bonchev–Trinajstić information content (AvgIpc) is 3.12. The minimum absolute atomic E-state index is 0.117. The maximum absolute atomic E-state index is 13.7. The molecule has 33 heavy (non-hydrogen) atoms. The van der Waals surface area contributed by atoms with E-state index in [2.05, 4.69) is 4.99 Å². The third-order valence-corrected chi connectivity index (χ3v) is 6.91. The first-order valence-electron chi connectivity index (χ1n) is 10.6. The summed E-state index contributed by atoms with van der Waals surface area (Å²) in [6, 6.07) is 20.9. The average molecular weight is 455 g/mol. The van der Waals surface area contributed by atoms with Gasteiger partial charge in [0.25, 0.3) is 5.56 Å². The zero-order valence-corrected chi connectivity index (χ0v) is 19.3. The van der Waals surface area contributed by atoms with Crippen LogP contribution in [0.15, 0.2) is 87.8 Å². The third kappa shape index (κ3) is 3.52. The Balaban J connectivity index is 1.88. The topological polar surface area (TPSA) is 60.7 Å². The molecule has 164 valence electrons. The fourth-order valence-corrected chi connectivity index (χ4v) is 5.53. The number of thiazole rings is 1. The highest BCUT2D eigenvalue weighted by Gasteiger charge is 2.33. The van der Waals surface area contributed by atoms with Crippen LogP contribution in [-0.2, 0) is 4.79 Å². The second kappa shape index (κ2) is 8.30. The number of Topliss-reactive ketones (excluding diaryl/α,β-unsaturated/α-hetero) is 1. The lowest BCUT2D eigenvalue weighted by atomic mass is 9.89. The quantitative estimate of drug-likeness (QED) is 0.469. The number of rotatable bonds is 4. The van der Waals surface area contributed by atoms with Crippen LogP contribution in [-0.4, -0.2) is 17.5 Å². The maximum atomic E-state index is 13.7. The van der Waals surface area contributed by atoms with E-state index in [1.54, 1.807) is 11.7 Å². The SMILES string of the molecule is COc1ccc2ccccc2c1C1C(C(C)=O)=C(C)N=c2s/c(=C\c3ccccc3)c(=O)n21. The maximum Gasteiger partial charge on any atom is 0.271 e. The van der Waals surface area contributed by atoms with Crippen LogP contribution < -0.4 is 19.6 Å². The Morgan fingerprint density at radius 1 is 1.06 bits per heavy atom. The molecule has 1 aliphatic rings. The summed E-state index contributed by atoms with van der Waals surface area (Å²) in [5.74, 6) is 0.512. The number of carbonyl (C=O) groups is 1. The monoisotopic (exact) mass is 454 g/mol. The van der Waals surface area contributed by atoms with Gasteiger partial charge in [0, 0.05) is 16.8 Å². The highest BCUT2D eigenvalue weighted by atomic mass is 32.1. The molecule has 6 heteroatoms. The molecule has 1 aliphatic heterocycles. The molecule has 0 bridgehead atoms. The third-order valence-electron chi connectivity index (χ3n) is 5.92. The molecule has 5 rings (SSSR count). The Kier molecular flexibility index (Phi) is 5.30. The van der Waals surface area contributed by atoms with Crippen molar-refractivity contribution in [3.05, 3.63) is 109 Å². The van der Waals surface area contributed by atoms with Gasteiger partial charge in [-0.15, -0.1) is 0 Å². The summed E-state index contributed by atoms with van der Waals surface area (Å²) in [6.07, 6.45) is 1.87. The van der Waals surface area contributed by atoms with Crippen LogP contribution in [0.1, 0.15) is 31.0 Å². The number of ketones is 1. The second-order valence-corrected chi connectivity index (χ2v) is 8.96. The van der Waals surface area contributed by atoms with E-state index in [0.717, 1.165) is 21.9 Å². The first kappa shape index (κ1) is 21.1. The van der Waals surface area contributed by atoms with Crippen molar-refractivity contribution in [3.63, 3.8) is 0 Å². The fourth-order valence-electron chi connectivity index (χ4n) is 4.48. The summed E-state index contributed by atoms with van der Waals surface area (Å²) in [5.41, 5.74) is 2.68. The standard InChI is InChI=1S/C27H22N2O3S/c1-16-23(17(2)30)25(24-20-12-8-7-11-19(20)13-14-21(24)32-3)29-26(31)22(33-27(29)28-16)15-18-9-5-4-6-10-18/h4-15,25H,1-3H3/b22-15-. The number of aromatic nitrogens is 1. The summed E-state index contributed by atoms with van der Waals surface area (Å²) in [6.45, 7) is 3.36. The first-order chi connectivity index (χ1) is 16.0. The Labute approximate surface area is 194 Å². The molecule has 5 nitrogen and oxygen atoms in total. The van der Waals surface area contributed by atoms with E-state index in [9.17, 15) is 9.59 Å². The van der Waals surface area contributed by atoms with Gasteiger partial charge in [0.2, 0.25) is 0 Å². The van der Waals surface area contributed by atoms with Crippen molar-refractivity contribution in [2.24, 2.45) is 4.99 Å². The summed E-state index contributed by atoms with van der Waals surface area (Å²) in [5, 5.41) is 1.95. The van der Waals surface area contributed by atoms with Gasteiger partial charge in [-0.05, 0) is 42.3 Å². The van der Waals surface area contributed by atoms with E-state index in [4.69, 9.17) is 4.74 Å². The zero-order valence-electron chi connectivity index (χ0n) is 18.5. The van der Waals surface area contributed by atoms with Crippen molar-refractivity contribution in [3.8, 4) is 5.75 Å². The Hall–Kier alpha value is -3.77. The van der Waals surface area contributed by atoms with Crippen LogP contribution in [0.25, 0.3) is 16.8 Å². The van der Waals surface area contributed by atoms with Gasteiger partial charge >= 0.3 is 0 Å². The Morgan fingerprint density at radius 3 is 2.52 bits per heavy atom. The molecular formula is C27H22N2O3S. The molecule has 0 saturated heterocycles. The number of fused-ring (bicyclic) bond motifs is 2. The molecule has 0 spiro atoms. The molecule has 0 N–H and O–H groups in total. The highest BCUT2D eigenvalue weighted by Crippen LogP contribution is 2.40. The van der Waals surface area contributed by atoms with Crippen LogP contribution in [0.4, 0.5) is 0 Å². The van der Waals surface area contributed by atoms with Gasteiger partial charge in [0.15, 0.2) is 10.6 Å². The van der Waals surface area contributed by atoms with Crippen LogP contribution >= 0.6 is 11.3 Å². The molecule has 1 atom stereocenters. The normalized spacial score (nSPS) is 16.0. The minimum Gasteiger partial charge on any atom is -0.496 e. The van der Waals surface area contributed by atoms with Gasteiger partial charge in [0.1, 0.15) is 5.75 Å². The fraction of sp³-hybridized carbons (Fsp3) is 0.148. The van der Waals surface area contributed by atoms with Crippen LogP contribution in [0.5, 0.6) is 5.75 Å². The van der Waals surface area contributed by atoms with Crippen molar-refractivity contribution in [1.29, 1.82) is 0 Å². The highest BCUT2D eigenvalue weighted by molar-refractivity contribution is 7.07. The molecular weight excluding hydrogens is 432 g/mol. The van der Waals surface area contributed by atoms with Crippen molar-refractivity contribution >= 4 is 34.0 Å². The molecule has 1 aromatic heterocycles. The Bertz CT molecular complexity index is 1610. The van der Waals surface area contributed by atoms with Gasteiger partial charge in [-0.3, -0.25) is 14.2 Å². The van der Waals surface area contributed by atoms with Gasteiger partial charge in [-0.25, -0.2) is 4.99 Å². The lowest BCUT2D eigenvalue weighted by molar-refractivity contribution is -0.114. The molecule has 1 unspecified atom stereocenters. The van der Waals surface area contributed by atoms with Crippen molar-refractivity contribution in [2.45, 2.75) is 19.9 Å². The smallest absolute Gasteiger partial charge is 0.271 e. The molecule has 3 aromatic carbocycles. The number of allylic oxidation sites excluding steroid dienone is 2. The lowest BCUT2D eigenvalue weighted by Crippen LogP contribution is -2.39. The summed E-state index contributed by atoms with van der Waals surface area (Å²) in [7, 11) is 1.61. The number of hydrogen-bond donors (Lipinski definition) is 0. The van der Waals surface area contributed by atoms with Crippen molar-refractivity contribution < 1.29 is 9.53 Å². The summed E-state index contributed by atoms with van der Waals surface area (Å²) < 4.78 is 7.96. The number of carbonyl (C=O) groups excluding carboxylic acids is 1. The van der Waals surface area contributed by atoms with Crippen LogP contribution in [0, 0.1) is 0 Å². The molecule has 0 aliphatic carbocycles. The molecule has 0 radical (unpaired) electrons. The van der Waals surface area contributed by atoms with E-state index < -0.39 is 6.04 Å². The molecule has 0 saturated carbocycles. The van der Waals surface area contributed by atoms with E-state index in [1.807, 2.05) is 79.7 Å². The molecule has 2 heterocycles. The molecule has 0 fully saturated rings. The predicted molar refractivity (Wildman–Crippen MR) is 131 cm³/mol. The summed E-state index contributed by atoms with van der Waals surface area (Å²) in [4.78, 5) is 31.8. The predicted octanol–water partition coefficient (Wildman–Crippen LogP) is 3.99. The van der Waals surface area contributed by atoms with Gasteiger partial charge in [0.05, 0.1) is 17.7 Å².